The molecule has 1 aromatic carbocycles. The van der Waals surface area contributed by atoms with E-state index in [-0.39, 0.29) is 12.1 Å². The van der Waals surface area contributed by atoms with Gasteiger partial charge in [-0.15, -0.1) is 0 Å². The maximum Gasteiger partial charge on any atom is 0.134 e. The number of nitrogens with zero attached hydrogens (tertiary/aromatic N) is 1. The molecule has 1 aromatic heterocycles. The summed E-state index contributed by atoms with van der Waals surface area (Å²) in [7, 11) is 0. The predicted molar refractivity (Wildman–Crippen MR) is 75.0 cm³/mol. The van der Waals surface area contributed by atoms with E-state index in [1.54, 1.807) is 0 Å². The van der Waals surface area contributed by atoms with Crippen LogP contribution < -0.4 is 5.73 Å². The van der Waals surface area contributed by atoms with Crippen molar-refractivity contribution in [1.29, 1.82) is 0 Å². The molecule has 3 rings (SSSR count). The van der Waals surface area contributed by atoms with Gasteiger partial charge in [-0.2, -0.15) is 0 Å². The standard InChI is InChI=1S/C15H20N2O2/c1-11-9-17(6-7-18-11)10-13(16)15-8-12-4-2-3-5-14(12)19-15/h2-5,8,11,13H,6-7,9-10,16H2,1H3. The Kier molecular flexibility index (Phi) is 3.55. The second-order valence-electron chi connectivity index (χ2n) is 5.23. The monoisotopic (exact) mass is 260 g/mol. The molecular weight excluding hydrogens is 240 g/mol. The normalized spacial score (nSPS) is 22.7. The zero-order chi connectivity index (χ0) is 13.2. The number of hydrogen-bond acceptors (Lipinski definition) is 4. The third-order valence-electron chi connectivity index (χ3n) is 3.59. The van der Waals surface area contributed by atoms with Crippen LogP contribution in [-0.4, -0.2) is 37.2 Å². The van der Waals surface area contributed by atoms with Crippen LogP contribution in [-0.2, 0) is 4.74 Å². The van der Waals surface area contributed by atoms with E-state index in [1.807, 2.05) is 30.3 Å². The topological polar surface area (TPSA) is 51.6 Å². The summed E-state index contributed by atoms with van der Waals surface area (Å²) in [6, 6.07) is 9.97. The largest absolute Gasteiger partial charge is 0.459 e. The first kappa shape index (κ1) is 12.7. The molecule has 0 radical (unpaired) electrons. The summed E-state index contributed by atoms with van der Waals surface area (Å²) in [5, 5.41) is 1.11. The number of nitrogens with two attached hydrogens (primary N) is 1. The van der Waals surface area contributed by atoms with Gasteiger partial charge in [0.25, 0.3) is 0 Å². The van der Waals surface area contributed by atoms with Gasteiger partial charge in [-0.3, -0.25) is 4.90 Å². The molecule has 2 aromatic rings. The van der Waals surface area contributed by atoms with E-state index in [1.165, 1.54) is 0 Å². The minimum absolute atomic E-state index is 0.0855. The highest BCUT2D eigenvalue weighted by Gasteiger charge is 2.21. The highest BCUT2D eigenvalue weighted by Crippen LogP contribution is 2.23. The van der Waals surface area contributed by atoms with E-state index < -0.39 is 0 Å². The summed E-state index contributed by atoms with van der Waals surface area (Å²) in [4.78, 5) is 2.34. The maximum atomic E-state index is 6.26. The Morgan fingerprint density at radius 2 is 2.26 bits per heavy atom. The molecular formula is C15H20N2O2. The van der Waals surface area contributed by atoms with Crippen LogP contribution in [0.4, 0.5) is 0 Å². The average Bonchev–Trinajstić information content (AvgIpc) is 2.82. The molecule has 0 saturated carbocycles. The van der Waals surface area contributed by atoms with E-state index in [2.05, 4.69) is 11.8 Å². The summed E-state index contributed by atoms with van der Waals surface area (Å²) < 4.78 is 11.4. The van der Waals surface area contributed by atoms with Crippen LogP contribution in [0.2, 0.25) is 0 Å². The minimum Gasteiger partial charge on any atom is -0.459 e. The Labute approximate surface area is 113 Å². The van der Waals surface area contributed by atoms with Crippen LogP contribution >= 0.6 is 0 Å². The first-order valence-electron chi connectivity index (χ1n) is 6.80. The highest BCUT2D eigenvalue weighted by atomic mass is 16.5. The summed E-state index contributed by atoms with van der Waals surface area (Å²) >= 11 is 0. The lowest BCUT2D eigenvalue weighted by Gasteiger charge is -2.32. The molecule has 2 unspecified atom stereocenters. The second-order valence-corrected chi connectivity index (χ2v) is 5.23. The Hall–Kier alpha value is -1.36. The molecule has 0 bridgehead atoms. The maximum absolute atomic E-state index is 6.26. The molecule has 2 N–H and O–H groups in total. The van der Waals surface area contributed by atoms with Gasteiger partial charge in [0.05, 0.1) is 18.8 Å². The van der Waals surface area contributed by atoms with Gasteiger partial charge in [0, 0.05) is 25.0 Å². The molecule has 1 saturated heterocycles. The molecule has 1 aliphatic heterocycles. The van der Waals surface area contributed by atoms with Crippen LogP contribution in [0.3, 0.4) is 0 Å². The van der Waals surface area contributed by atoms with Crippen molar-refractivity contribution >= 4 is 11.0 Å². The number of para-hydroxylation sites is 1. The van der Waals surface area contributed by atoms with E-state index in [0.717, 1.165) is 43.0 Å². The quantitative estimate of drug-likeness (QED) is 0.918. The number of hydrogen-bond donors (Lipinski definition) is 1. The second kappa shape index (κ2) is 5.33. The number of morpholine rings is 1. The first-order valence-corrected chi connectivity index (χ1v) is 6.80. The molecule has 2 heterocycles. The highest BCUT2D eigenvalue weighted by molar-refractivity contribution is 5.77. The predicted octanol–water partition coefficient (Wildman–Crippen LogP) is 2.15. The van der Waals surface area contributed by atoms with Gasteiger partial charge >= 0.3 is 0 Å². The van der Waals surface area contributed by atoms with Crippen LogP contribution in [0.25, 0.3) is 11.0 Å². The van der Waals surface area contributed by atoms with Gasteiger partial charge in [-0.05, 0) is 19.1 Å². The number of furan rings is 1. The molecule has 4 heteroatoms. The Balaban J connectivity index is 1.70. The zero-order valence-corrected chi connectivity index (χ0v) is 11.2. The van der Waals surface area contributed by atoms with Gasteiger partial charge in [0.2, 0.25) is 0 Å². The SMILES string of the molecule is CC1CN(CC(N)c2cc3ccccc3o2)CCO1. The van der Waals surface area contributed by atoms with Gasteiger partial charge in [-0.1, -0.05) is 18.2 Å². The first-order chi connectivity index (χ1) is 9.22. The van der Waals surface area contributed by atoms with Gasteiger partial charge in [0.15, 0.2) is 0 Å². The smallest absolute Gasteiger partial charge is 0.134 e. The van der Waals surface area contributed by atoms with Crippen molar-refractivity contribution in [1.82, 2.24) is 4.90 Å². The van der Waals surface area contributed by atoms with Crippen molar-refractivity contribution in [2.45, 2.75) is 19.1 Å². The van der Waals surface area contributed by atoms with Crippen LogP contribution in [0.5, 0.6) is 0 Å². The van der Waals surface area contributed by atoms with Crippen molar-refractivity contribution in [2.24, 2.45) is 5.73 Å². The van der Waals surface area contributed by atoms with Gasteiger partial charge < -0.3 is 14.9 Å². The lowest BCUT2D eigenvalue weighted by Crippen LogP contribution is -2.44. The lowest BCUT2D eigenvalue weighted by atomic mass is 10.2. The Bertz CT molecular complexity index is 519. The van der Waals surface area contributed by atoms with Gasteiger partial charge in [-0.25, -0.2) is 0 Å². The zero-order valence-electron chi connectivity index (χ0n) is 11.2. The molecule has 2 atom stereocenters. The fourth-order valence-electron chi connectivity index (χ4n) is 2.61. The fraction of sp³-hybridized carbons (Fsp3) is 0.467. The van der Waals surface area contributed by atoms with Crippen molar-refractivity contribution in [2.75, 3.05) is 26.2 Å². The number of benzene rings is 1. The van der Waals surface area contributed by atoms with E-state index >= 15 is 0 Å². The molecule has 102 valence electrons. The summed E-state index contributed by atoms with van der Waals surface area (Å²) in [6.45, 7) is 5.58. The fourth-order valence-corrected chi connectivity index (χ4v) is 2.61. The van der Waals surface area contributed by atoms with E-state index in [0.29, 0.717) is 0 Å². The lowest BCUT2D eigenvalue weighted by molar-refractivity contribution is -0.0204. The molecule has 4 nitrogen and oxygen atoms in total. The molecule has 0 amide bonds. The summed E-state index contributed by atoms with van der Waals surface area (Å²) in [5.41, 5.74) is 7.16. The van der Waals surface area contributed by atoms with Crippen molar-refractivity contribution in [3.05, 3.63) is 36.1 Å². The molecule has 1 fully saturated rings. The minimum atomic E-state index is -0.0855. The van der Waals surface area contributed by atoms with Crippen LogP contribution in [0.1, 0.15) is 18.7 Å². The number of ether oxygens (including phenoxy) is 1. The number of rotatable bonds is 3. The molecule has 1 aliphatic rings. The molecule has 0 spiro atoms. The van der Waals surface area contributed by atoms with Crippen molar-refractivity contribution < 1.29 is 9.15 Å². The van der Waals surface area contributed by atoms with Crippen molar-refractivity contribution in [3.63, 3.8) is 0 Å². The van der Waals surface area contributed by atoms with E-state index in [9.17, 15) is 0 Å². The third-order valence-corrected chi connectivity index (χ3v) is 3.59. The summed E-state index contributed by atoms with van der Waals surface area (Å²) in [5.74, 6) is 0.861. The van der Waals surface area contributed by atoms with Gasteiger partial charge in [0.1, 0.15) is 11.3 Å². The molecule has 19 heavy (non-hydrogen) atoms. The van der Waals surface area contributed by atoms with Crippen LogP contribution in [0, 0.1) is 0 Å². The molecule has 0 aliphatic carbocycles. The number of fused-ring (bicyclic) bond motifs is 1. The summed E-state index contributed by atoms with van der Waals surface area (Å²) in [6.07, 6.45) is 0.289. The Morgan fingerprint density at radius 3 is 3.05 bits per heavy atom. The van der Waals surface area contributed by atoms with E-state index in [4.69, 9.17) is 14.9 Å². The third kappa shape index (κ3) is 2.81. The average molecular weight is 260 g/mol. The van der Waals surface area contributed by atoms with Crippen LogP contribution in [0.15, 0.2) is 34.7 Å². The van der Waals surface area contributed by atoms with Crippen molar-refractivity contribution in [3.8, 4) is 0 Å². The Morgan fingerprint density at radius 1 is 1.42 bits per heavy atom.